The molecule has 0 aliphatic carbocycles. The number of aliphatic carboxylic acids is 1. The molecule has 0 aliphatic heterocycles. The summed E-state index contributed by atoms with van der Waals surface area (Å²) in [6.07, 6.45) is 0.249. The second kappa shape index (κ2) is 6.22. The number of nitrogens with two attached hydrogens (primary N) is 1. The van der Waals surface area contributed by atoms with E-state index >= 15 is 0 Å². The van der Waals surface area contributed by atoms with Crippen LogP contribution in [0.4, 0.5) is 5.69 Å². The standard InChI is InChI=1S/C11H13ClN2O3/c12-6-10(15)14-8-3-1-7(2-4-8)5-9(13)11(16)17/h1-4,9H,5-6,13H2,(H,14,15)(H,16,17)/t9-/m0/s1. The van der Waals surface area contributed by atoms with E-state index in [9.17, 15) is 9.59 Å². The number of hydrogen-bond donors (Lipinski definition) is 3. The first-order valence-electron chi connectivity index (χ1n) is 4.96. The largest absolute Gasteiger partial charge is 0.480 e. The third kappa shape index (κ3) is 4.42. The SMILES string of the molecule is N[C@@H](Cc1ccc(NC(=O)CCl)cc1)C(=O)O. The van der Waals surface area contributed by atoms with Crippen LogP contribution in [0.5, 0.6) is 0 Å². The molecule has 4 N–H and O–H groups in total. The summed E-state index contributed by atoms with van der Waals surface area (Å²) in [5, 5.41) is 11.2. The molecule has 1 atom stereocenters. The van der Waals surface area contributed by atoms with Crippen molar-refractivity contribution in [3.63, 3.8) is 0 Å². The number of alkyl halides is 1. The normalized spacial score (nSPS) is 11.9. The molecule has 0 heterocycles. The molecule has 0 bridgehead atoms. The van der Waals surface area contributed by atoms with Crippen molar-refractivity contribution in [2.24, 2.45) is 5.73 Å². The zero-order valence-electron chi connectivity index (χ0n) is 9.02. The number of benzene rings is 1. The molecule has 0 aromatic heterocycles. The number of nitrogens with one attached hydrogen (secondary N) is 1. The van der Waals surface area contributed by atoms with Gasteiger partial charge in [0, 0.05) is 5.69 Å². The summed E-state index contributed by atoms with van der Waals surface area (Å²) in [5.74, 6) is -1.43. The quantitative estimate of drug-likeness (QED) is 0.680. The predicted octanol–water partition coefficient (Wildman–Crippen LogP) is 0.818. The van der Waals surface area contributed by atoms with Crippen LogP contribution in [0.15, 0.2) is 24.3 Å². The van der Waals surface area contributed by atoms with Crippen LogP contribution < -0.4 is 11.1 Å². The first-order valence-corrected chi connectivity index (χ1v) is 5.49. The number of anilines is 1. The van der Waals surface area contributed by atoms with Crippen LogP contribution in [0.3, 0.4) is 0 Å². The fourth-order valence-electron chi connectivity index (χ4n) is 1.26. The maximum absolute atomic E-state index is 11.0. The van der Waals surface area contributed by atoms with Gasteiger partial charge in [0.2, 0.25) is 5.91 Å². The lowest BCUT2D eigenvalue weighted by Gasteiger charge is -2.07. The molecule has 92 valence electrons. The number of halogens is 1. The molecule has 0 fully saturated rings. The Labute approximate surface area is 104 Å². The highest BCUT2D eigenvalue weighted by Gasteiger charge is 2.11. The highest BCUT2D eigenvalue weighted by molar-refractivity contribution is 6.29. The van der Waals surface area contributed by atoms with E-state index in [1.807, 2.05) is 0 Å². The molecule has 0 radical (unpaired) electrons. The van der Waals surface area contributed by atoms with Crippen molar-refractivity contribution in [3.8, 4) is 0 Å². The minimum atomic E-state index is -1.04. The first kappa shape index (κ1) is 13.5. The molecular formula is C11H13ClN2O3. The van der Waals surface area contributed by atoms with Gasteiger partial charge in [0.25, 0.3) is 0 Å². The second-order valence-corrected chi connectivity index (χ2v) is 3.79. The summed E-state index contributed by atoms with van der Waals surface area (Å²) in [7, 11) is 0. The third-order valence-electron chi connectivity index (χ3n) is 2.13. The van der Waals surface area contributed by atoms with Crippen LogP contribution in [0, 0.1) is 0 Å². The average Bonchev–Trinajstić information content (AvgIpc) is 2.31. The van der Waals surface area contributed by atoms with Gasteiger partial charge in [-0.05, 0) is 24.1 Å². The van der Waals surface area contributed by atoms with Crippen LogP contribution in [-0.2, 0) is 16.0 Å². The van der Waals surface area contributed by atoms with Crippen molar-refractivity contribution < 1.29 is 14.7 Å². The smallest absolute Gasteiger partial charge is 0.320 e. The highest BCUT2D eigenvalue weighted by Crippen LogP contribution is 2.11. The Kier molecular flexibility index (Phi) is 4.93. The summed E-state index contributed by atoms with van der Waals surface area (Å²) in [4.78, 5) is 21.6. The van der Waals surface area contributed by atoms with Gasteiger partial charge in [-0.15, -0.1) is 11.6 Å². The van der Waals surface area contributed by atoms with Gasteiger partial charge in [0.15, 0.2) is 0 Å². The fraction of sp³-hybridized carbons (Fsp3) is 0.273. The summed E-state index contributed by atoms with van der Waals surface area (Å²) in [5.41, 5.74) is 6.81. The van der Waals surface area contributed by atoms with Crippen molar-refractivity contribution in [1.82, 2.24) is 0 Å². The molecular weight excluding hydrogens is 244 g/mol. The molecule has 0 saturated heterocycles. The van der Waals surface area contributed by atoms with Crippen LogP contribution in [0.25, 0.3) is 0 Å². The van der Waals surface area contributed by atoms with E-state index in [1.54, 1.807) is 24.3 Å². The van der Waals surface area contributed by atoms with E-state index < -0.39 is 12.0 Å². The van der Waals surface area contributed by atoms with Crippen molar-refractivity contribution in [3.05, 3.63) is 29.8 Å². The third-order valence-corrected chi connectivity index (χ3v) is 2.37. The van der Waals surface area contributed by atoms with Gasteiger partial charge in [-0.1, -0.05) is 12.1 Å². The number of carboxylic acid groups (broad SMARTS) is 1. The van der Waals surface area contributed by atoms with Gasteiger partial charge in [0.05, 0.1) is 0 Å². The molecule has 6 heteroatoms. The Morgan fingerprint density at radius 3 is 2.41 bits per heavy atom. The Bertz CT molecular complexity index is 406. The number of carbonyl (C=O) groups is 2. The van der Waals surface area contributed by atoms with E-state index in [1.165, 1.54) is 0 Å². The molecule has 0 saturated carbocycles. The van der Waals surface area contributed by atoms with Gasteiger partial charge in [0.1, 0.15) is 11.9 Å². The summed E-state index contributed by atoms with van der Waals surface area (Å²) >= 11 is 5.34. The van der Waals surface area contributed by atoms with Gasteiger partial charge in [-0.25, -0.2) is 0 Å². The van der Waals surface area contributed by atoms with E-state index in [0.717, 1.165) is 5.56 Å². The van der Waals surface area contributed by atoms with Crippen molar-refractivity contribution in [1.29, 1.82) is 0 Å². The molecule has 5 nitrogen and oxygen atoms in total. The second-order valence-electron chi connectivity index (χ2n) is 3.53. The van der Waals surface area contributed by atoms with Crippen molar-refractivity contribution in [2.75, 3.05) is 11.2 Å². The number of hydrogen-bond acceptors (Lipinski definition) is 3. The minimum Gasteiger partial charge on any atom is -0.480 e. The minimum absolute atomic E-state index is 0.106. The summed E-state index contributed by atoms with van der Waals surface area (Å²) < 4.78 is 0. The van der Waals surface area contributed by atoms with E-state index in [0.29, 0.717) is 5.69 Å². The maximum Gasteiger partial charge on any atom is 0.320 e. The Hall–Kier alpha value is -1.59. The van der Waals surface area contributed by atoms with Crippen LogP contribution >= 0.6 is 11.6 Å². The van der Waals surface area contributed by atoms with Gasteiger partial charge < -0.3 is 16.2 Å². The predicted molar refractivity (Wildman–Crippen MR) is 65.1 cm³/mol. The number of rotatable bonds is 5. The van der Waals surface area contributed by atoms with E-state index in [-0.39, 0.29) is 18.2 Å². The topological polar surface area (TPSA) is 92.4 Å². The fourth-order valence-corrected chi connectivity index (χ4v) is 1.33. The lowest BCUT2D eigenvalue weighted by molar-refractivity contribution is -0.138. The molecule has 1 aromatic rings. The zero-order valence-corrected chi connectivity index (χ0v) is 9.78. The number of carbonyl (C=O) groups excluding carboxylic acids is 1. The van der Waals surface area contributed by atoms with Gasteiger partial charge in [-0.3, -0.25) is 9.59 Å². The lowest BCUT2D eigenvalue weighted by atomic mass is 10.1. The molecule has 17 heavy (non-hydrogen) atoms. The van der Waals surface area contributed by atoms with Crippen LogP contribution in [-0.4, -0.2) is 28.9 Å². The molecule has 1 aromatic carbocycles. The summed E-state index contributed by atoms with van der Waals surface area (Å²) in [6, 6.07) is 5.86. The molecule has 0 spiro atoms. The van der Waals surface area contributed by atoms with Crippen LogP contribution in [0.2, 0.25) is 0 Å². The molecule has 1 rings (SSSR count). The maximum atomic E-state index is 11.0. The molecule has 0 unspecified atom stereocenters. The van der Waals surface area contributed by atoms with E-state index in [4.69, 9.17) is 22.4 Å². The Balaban J connectivity index is 2.62. The number of carboxylic acids is 1. The van der Waals surface area contributed by atoms with Crippen molar-refractivity contribution >= 4 is 29.2 Å². The van der Waals surface area contributed by atoms with Gasteiger partial charge >= 0.3 is 5.97 Å². The van der Waals surface area contributed by atoms with Gasteiger partial charge in [-0.2, -0.15) is 0 Å². The lowest BCUT2D eigenvalue weighted by Crippen LogP contribution is -2.32. The zero-order chi connectivity index (χ0) is 12.8. The highest BCUT2D eigenvalue weighted by atomic mass is 35.5. The van der Waals surface area contributed by atoms with Crippen LogP contribution in [0.1, 0.15) is 5.56 Å². The summed E-state index contributed by atoms with van der Waals surface area (Å²) in [6.45, 7) is 0. The first-order chi connectivity index (χ1) is 8.02. The average molecular weight is 257 g/mol. The molecule has 0 aliphatic rings. The number of amides is 1. The Morgan fingerprint density at radius 1 is 1.35 bits per heavy atom. The monoisotopic (exact) mass is 256 g/mol. The Morgan fingerprint density at radius 2 is 1.94 bits per heavy atom. The van der Waals surface area contributed by atoms with E-state index in [2.05, 4.69) is 5.32 Å². The molecule has 1 amide bonds. The van der Waals surface area contributed by atoms with Crippen molar-refractivity contribution in [2.45, 2.75) is 12.5 Å².